The maximum atomic E-state index is 8.44. The summed E-state index contributed by atoms with van der Waals surface area (Å²) in [7, 11) is 0. The molecule has 0 aliphatic carbocycles. The molecule has 0 radical (unpaired) electrons. The molecule has 0 aromatic heterocycles. The van der Waals surface area contributed by atoms with Gasteiger partial charge in [0.1, 0.15) is 0 Å². The summed E-state index contributed by atoms with van der Waals surface area (Å²) in [6.45, 7) is 6.87. The van der Waals surface area contributed by atoms with Gasteiger partial charge >= 0.3 is 0 Å². The third kappa shape index (κ3) is 2.57. The van der Waals surface area contributed by atoms with E-state index in [0.717, 1.165) is 6.54 Å². The third-order valence-electron chi connectivity index (χ3n) is 2.30. The summed E-state index contributed by atoms with van der Waals surface area (Å²) in [5.74, 6) is 0.245. The van der Waals surface area contributed by atoms with Crippen molar-refractivity contribution in [1.82, 2.24) is 4.90 Å². The van der Waals surface area contributed by atoms with E-state index in [4.69, 9.17) is 15.7 Å². The molecule has 1 fully saturated rings. The number of rotatable bonds is 2. The van der Waals surface area contributed by atoms with Gasteiger partial charge in [0.05, 0.1) is 19.8 Å². The second kappa shape index (κ2) is 3.93. The molecule has 0 bridgehead atoms. The molecular formula is C8H17N3O2. The number of nitrogens with zero attached hydrogens (tertiary/aromatic N) is 2. The van der Waals surface area contributed by atoms with E-state index in [1.807, 2.05) is 0 Å². The number of nitrogens with two attached hydrogens (primary N) is 1. The Morgan fingerprint density at radius 2 is 2.38 bits per heavy atom. The topological polar surface area (TPSA) is 71.1 Å². The zero-order valence-corrected chi connectivity index (χ0v) is 8.16. The molecule has 0 unspecified atom stereocenters. The molecule has 0 aromatic rings. The van der Waals surface area contributed by atoms with Crippen LogP contribution < -0.4 is 5.73 Å². The lowest BCUT2D eigenvalue weighted by Gasteiger charge is -2.41. The first-order valence-electron chi connectivity index (χ1n) is 4.35. The number of oxime groups is 1. The second-order valence-corrected chi connectivity index (χ2v) is 3.88. The summed E-state index contributed by atoms with van der Waals surface area (Å²) in [6, 6.07) is 0. The zero-order valence-electron chi connectivity index (χ0n) is 8.16. The lowest BCUT2D eigenvalue weighted by atomic mass is 10.0. The van der Waals surface area contributed by atoms with Crippen LogP contribution in [0.15, 0.2) is 5.16 Å². The van der Waals surface area contributed by atoms with E-state index in [0.29, 0.717) is 19.8 Å². The van der Waals surface area contributed by atoms with E-state index in [2.05, 4.69) is 23.9 Å². The normalized spacial score (nSPS) is 24.6. The highest BCUT2D eigenvalue weighted by atomic mass is 16.5. The molecule has 0 amide bonds. The SMILES string of the molecule is CC1(C)COCCN1CC(N)=NO. The molecule has 5 nitrogen and oxygen atoms in total. The fourth-order valence-corrected chi connectivity index (χ4v) is 1.41. The van der Waals surface area contributed by atoms with Crippen LogP contribution in [0, 0.1) is 0 Å². The van der Waals surface area contributed by atoms with E-state index in [1.54, 1.807) is 0 Å². The Morgan fingerprint density at radius 3 is 2.92 bits per heavy atom. The number of hydrogen-bond acceptors (Lipinski definition) is 4. The highest BCUT2D eigenvalue weighted by molar-refractivity contribution is 5.81. The first kappa shape index (κ1) is 10.3. The van der Waals surface area contributed by atoms with Crippen molar-refractivity contribution in [3.05, 3.63) is 0 Å². The molecule has 3 N–H and O–H groups in total. The molecule has 5 heteroatoms. The Kier molecular flexibility index (Phi) is 3.11. The molecule has 1 aliphatic rings. The standard InChI is InChI=1S/C8H17N3O2/c1-8(2)6-13-4-3-11(8)5-7(9)10-12/h12H,3-6H2,1-2H3,(H2,9,10). The number of ether oxygens (including phenoxy) is 1. The van der Waals surface area contributed by atoms with Crippen LogP contribution in [0.3, 0.4) is 0 Å². The Hall–Kier alpha value is -0.810. The lowest BCUT2D eigenvalue weighted by molar-refractivity contribution is -0.0433. The fraction of sp³-hybridized carbons (Fsp3) is 0.875. The molecule has 1 saturated heterocycles. The van der Waals surface area contributed by atoms with E-state index < -0.39 is 0 Å². The van der Waals surface area contributed by atoms with Crippen LogP contribution in [0.5, 0.6) is 0 Å². The van der Waals surface area contributed by atoms with Gasteiger partial charge in [0.2, 0.25) is 0 Å². The number of amidine groups is 1. The van der Waals surface area contributed by atoms with Gasteiger partial charge in [-0.05, 0) is 13.8 Å². The highest BCUT2D eigenvalue weighted by Gasteiger charge is 2.30. The van der Waals surface area contributed by atoms with Crippen molar-refractivity contribution in [3.8, 4) is 0 Å². The van der Waals surface area contributed by atoms with Gasteiger partial charge < -0.3 is 15.7 Å². The molecule has 0 atom stereocenters. The largest absolute Gasteiger partial charge is 0.409 e. The smallest absolute Gasteiger partial charge is 0.153 e. The Bertz CT molecular complexity index is 204. The third-order valence-corrected chi connectivity index (χ3v) is 2.30. The summed E-state index contributed by atoms with van der Waals surface area (Å²) in [6.07, 6.45) is 0. The fourth-order valence-electron chi connectivity index (χ4n) is 1.41. The minimum atomic E-state index is -0.0342. The quantitative estimate of drug-likeness (QED) is 0.273. The molecular weight excluding hydrogens is 170 g/mol. The lowest BCUT2D eigenvalue weighted by Crippen LogP contribution is -2.55. The molecule has 1 aliphatic heterocycles. The van der Waals surface area contributed by atoms with Gasteiger partial charge in [-0.3, -0.25) is 4.90 Å². The summed E-state index contributed by atoms with van der Waals surface area (Å²) in [5, 5.41) is 11.4. The van der Waals surface area contributed by atoms with E-state index in [1.165, 1.54) is 0 Å². The second-order valence-electron chi connectivity index (χ2n) is 3.88. The van der Waals surface area contributed by atoms with Crippen LogP contribution in [0.2, 0.25) is 0 Å². The maximum Gasteiger partial charge on any atom is 0.153 e. The van der Waals surface area contributed by atoms with Crippen molar-refractivity contribution in [2.75, 3.05) is 26.3 Å². The molecule has 76 valence electrons. The average Bonchev–Trinajstić information content (AvgIpc) is 2.08. The van der Waals surface area contributed by atoms with Crippen LogP contribution in [0.1, 0.15) is 13.8 Å². The monoisotopic (exact) mass is 187 g/mol. The van der Waals surface area contributed by atoms with Crippen LogP contribution in [0.25, 0.3) is 0 Å². The van der Waals surface area contributed by atoms with Crippen molar-refractivity contribution in [2.24, 2.45) is 10.9 Å². The zero-order chi connectivity index (χ0) is 9.90. The first-order valence-corrected chi connectivity index (χ1v) is 4.35. The van der Waals surface area contributed by atoms with E-state index >= 15 is 0 Å². The van der Waals surface area contributed by atoms with Gasteiger partial charge in [-0.1, -0.05) is 5.16 Å². The van der Waals surface area contributed by atoms with Crippen LogP contribution >= 0.6 is 0 Å². The predicted octanol–water partition coefficient (Wildman–Crippen LogP) is -0.156. The Labute approximate surface area is 78.1 Å². The van der Waals surface area contributed by atoms with Crippen molar-refractivity contribution >= 4 is 5.84 Å². The van der Waals surface area contributed by atoms with Gasteiger partial charge in [-0.2, -0.15) is 0 Å². The molecule has 13 heavy (non-hydrogen) atoms. The molecule has 0 saturated carbocycles. The molecule has 0 spiro atoms. The van der Waals surface area contributed by atoms with E-state index in [9.17, 15) is 0 Å². The first-order chi connectivity index (χ1) is 6.06. The summed E-state index contributed by atoms with van der Waals surface area (Å²) in [5.41, 5.74) is 5.41. The summed E-state index contributed by atoms with van der Waals surface area (Å²) < 4.78 is 5.35. The predicted molar refractivity (Wildman–Crippen MR) is 49.9 cm³/mol. The van der Waals surface area contributed by atoms with Gasteiger partial charge in [-0.15, -0.1) is 0 Å². The molecule has 1 heterocycles. The van der Waals surface area contributed by atoms with Gasteiger partial charge in [0, 0.05) is 12.1 Å². The van der Waals surface area contributed by atoms with Crippen LogP contribution in [-0.4, -0.2) is 47.8 Å². The minimum Gasteiger partial charge on any atom is -0.409 e. The van der Waals surface area contributed by atoms with Crippen molar-refractivity contribution < 1.29 is 9.94 Å². The summed E-state index contributed by atoms with van der Waals surface area (Å²) in [4.78, 5) is 2.14. The Morgan fingerprint density at radius 1 is 1.69 bits per heavy atom. The van der Waals surface area contributed by atoms with Crippen LogP contribution in [0.4, 0.5) is 0 Å². The van der Waals surface area contributed by atoms with Crippen molar-refractivity contribution in [2.45, 2.75) is 19.4 Å². The maximum absolute atomic E-state index is 8.44. The van der Waals surface area contributed by atoms with Crippen LogP contribution in [-0.2, 0) is 4.74 Å². The van der Waals surface area contributed by atoms with Gasteiger partial charge in [0.25, 0.3) is 0 Å². The Balaban J connectivity index is 2.56. The minimum absolute atomic E-state index is 0.0342. The number of hydrogen-bond donors (Lipinski definition) is 2. The highest BCUT2D eigenvalue weighted by Crippen LogP contribution is 2.17. The van der Waals surface area contributed by atoms with Crippen molar-refractivity contribution in [1.29, 1.82) is 0 Å². The van der Waals surface area contributed by atoms with Gasteiger partial charge in [-0.25, -0.2) is 0 Å². The number of morpholine rings is 1. The molecule has 0 aromatic carbocycles. The van der Waals surface area contributed by atoms with Gasteiger partial charge in [0.15, 0.2) is 5.84 Å². The average molecular weight is 187 g/mol. The summed E-state index contributed by atoms with van der Waals surface area (Å²) >= 11 is 0. The van der Waals surface area contributed by atoms with Crippen molar-refractivity contribution in [3.63, 3.8) is 0 Å². The van der Waals surface area contributed by atoms with E-state index in [-0.39, 0.29) is 11.4 Å². The molecule has 1 rings (SSSR count).